The fourth-order valence-electron chi connectivity index (χ4n) is 2.87. The van der Waals surface area contributed by atoms with E-state index in [1.807, 2.05) is 4.68 Å². The van der Waals surface area contributed by atoms with E-state index in [1.165, 1.54) is 19.3 Å². The molecule has 2 unspecified atom stereocenters. The van der Waals surface area contributed by atoms with Crippen molar-refractivity contribution in [2.24, 2.45) is 5.92 Å². The van der Waals surface area contributed by atoms with Crippen LogP contribution in [0.25, 0.3) is 0 Å². The zero-order chi connectivity index (χ0) is 12.4. The molecule has 0 saturated heterocycles. The Bertz CT molecular complexity index is 412. The third-order valence-electron chi connectivity index (χ3n) is 3.88. The lowest BCUT2D eigenvalue weighted by atomic mass is 9.83. The third-order valence-corrected chi connectivity index (χ3v) is 3.88. The Balaban J connectivity index is 2.26. The van der Waals surface area contributed by atoms with Gasteiger partial charge in [-0.1, -0.05) is 26.2 Å². The first-order chi connectivity index (χ1) is 8.13. The molecule has 0 aromatic carbocycles. The SMILES string of the molecule is CCC1CCCCC1n1cc(C(=O)O)c(C)n1. The highest BCUT2D eigenvalue weighted by Crippen LogP contribution is 2.35. The van der Waals surface area contributed by atoms with Gasteiger partial charge in [-0.25, -0.2) is 4.79 Å². The third kappa shape index (κ3) is 2.35. The summed E-state index contributed by atoms with van der Waals surface area (Å²) < 4.78 is 1.89. The van der Waals surface area contributed by atoms with Crippen LogP contribution in [0.5, 0.6) is 0 Å². The van der Waals surface area contributed by atoms with E-state index in [0.29, 0.717) is 23.2 Å². The van der Waals surface area contributed by atoms with Gasteiger partial charge in [-0.3, -0.25) is 4.68 Å². The van der Waals surface area contributed by atoms with Crippen molar-refractivity contribution in [1.29, 1.82) is 0 Å². The second kappa shape index (κ2) is 4.90. The minimum atomic E-state index is -0.877. The van der Waals surface area contributed by atoms with Gasteiger partial charge in [-0.05, 0) is 25.7 Å². The molecule has 2 rings (SSSR count). The lowest BCUT2D eigenvalue weighted by molar-refractivity contribution is 0.0696. The fourth-order valence-corrected chi connectivity index (χ4v) is 2.87. The predicted molar refractivity (Wildman–Crippen MR) is 65.2 cm³/mol. The molecule has 0 aliphatic heterocycles. The molecule has 4 heteroatoms. The van der Waals surface area contributed by atoms with Crippen molar-refractivity contribution in [1.82, 2.24) is 9.78 Å². The van der Waals surface area contributed by atoms with Gasteiger partial charge in [-0.2, -0.15) is 5.10 Å². The van der Waals surface area contributed by atoms with E-state index < -0.39 is 5.97 Å². The Morgan fingerprint density at radius 2 is 2.24 bits per heavy atom. The van der Waals surface area contributed by atoms with Gasteiger partial charge < -0.3 is 5.11 Å². The maximum atomic E-state index is 11.0. The minimum Gasteiger partial charge on any atom is -0.478 e. The summed E-state index contributed by atoms with van der Waals surface area (Å²) in [6.45, 7) is 3.97. The smallest absolute Gasteiger partial charge is 0.339 e. The normalized spacial score (nSPS) is 24.8. The Hall–Kier alpha value is -1.32. The Kier molecular flexibility index (Phi) is 3.50. The van der Waals surface area contributed by atoms with Crippen LogP contribution < -0.4 is 0 Å². The molecular formula is C13H20N2O2. The van der Waals surface area contributed by atoms with Gasteiger partial charge in [0.2, 0.25) is 0 Å². The second-order valence-corrected chi connectivity index (χ2v) is 4.93. The molecule has 1 fully saturated rings. The van der Waals surface area contributed by atoms with Gasteiger partial charge >= 0.3 is 5.97 Å². The molecule has 94 valence electrons. The molecule has 2 atom stereocenters. The molecule has 4 nitrogen and oxygen atoms in total. The van der Waals surface area contributed by atoms with Crippen LogP contribution in [0, 0.1) is 12.8 Å². The molecule has 1 saturated carbocycles. The summed E-state index contributed by atoms with van der Waals surface area (Å²) >= 11 is 0. The van der Waals surface area contributed by atoms with E-state index in [2.05, 4.69) is 12.0 Å². The largest absolute Gasteiger partial charge is 0.478 e. The fraction of sp³-hybridized carbons (Fsp3) is 0.692. The van der Waals surface area contributed by atoms with Crippen molar-refractivity contribution in [3.05, 3.63) is 17.5 Å². The molecule has 1 aliphatic carbocycles. The number of hydrogen-bond acceptors (Lipinski definition) is 2. The van der Waals surface area contributed by atoms with Crippen LogP contribution in [-0.2, 0) is 0 Å². The first kappa shape index (κ1) is 12.1. The van der Waals surface area contributed by atoms with Crippen molar-refractivity contribution < 1.29 is 9.90 Å². The summed E-state index contributed by atoms with van der Waals surface area (Å²) in [6.07, 6.45) is 7.73. The van der Waals surface area contributed by atoms with Crippen molar-refractivity contribution in [2.45, 2.75) is 52.0 Å². The predicted octanol–water partition coefficient (Wildman–Crippen LogP) is 3.03. The van der Waals surface area contributed by atoms with Crippen molar-refractivity contribution in [2.75, 3.05) is 0 Å². The zero-order valence-electron chi connectivity index (χ0n) is 10.5. The van der Waals surface area contributed by atoms with Crippen LogP contribution in [0.2, 0.25) is 0 Å². The number of carboxylic acids is 1. The summed E-state index contributed by atoms with van der Waals surface area (Å²) in [6, 6.07) is 0.389. The highest BCUT2D eigenvalue weighted by atomic mass is 16.4. The van der Waals surface area contributed by atoms with Crippen LogP contribution in [0.3, 0.4) is 0 Å². The van der Waals surface area contributed by atoms with Crippen LogP contribution >= 0.6 is 0 Å². The van der Waals surface area contributed by atoms with E-state index >= 15 is 0 Å². The summed E-state index contributed by atoms with van der Waals surface area (Å²) in [7, 11) is 0. The van der Waals surface area contributed by atoms with Gasteiger partial charge in [-0.15, -0.1) is 0 Å². The molecule has 1 aromatic rings. The highest BCUT2D eigenvalue weighted by molar-refractivity contribution is 5.88. The molecular weight excluding hydrogens is 216 g/mol. The van der Waals surface area contributed by atoms with E-state index in [-0.39, 0.29) is 0 Å². The minimum absolute atomic E-state index is 0.338. The monoisotopic (exact) mass is 236 g/mol. The molecule has 17 heavy (non-hydrogen) atoms. The number of carbonyl (C=O) groups is 1. The highest BCUT2D eigenvalue weighted by Gasteiger charge is 2.27. The average molecular weight is 236 g/mol. The molecule has 0 radical (unpaired) electrons. The zero-order valence-corrected chi connectivity index (χ0v) is 10.5. The lowest BCUT2D eigenvalue weighted by Gasteiger charge is -2.30. The maximum Gasteiger partial charge on any atom is 0.339 e. The Labute approximate surface area is 102 Å². The quantitative estimate of drug-likeness (QED) is 0.877. The van der Waals surface area contributed by atoms with E-state index in [1.54, 1.807) is 13.1 Å². The molecule has 1 heterocycles. The number of carboxylic acid groups (broad SMARTS) is 1. The van der Waals surface area contributed by atoms with Gasteiger partial charge in [0, 0.05) is 6.20 Å². The average Bonchev–Trinajstić information content (AvgIpc) is 2.71. The molecule has 0 amide bonds. The number of aromatic nitrogens is 2. The Morgan fingerprint density at radius 3 is 2.82 bits per heavy atom. The summed E-state index contributed by atoms with van der Waals surface area (Å²) in [5.74, 6) is -0.234. The van der Waals surface area contributed by atoms with E-state index in [4.69, 9.17) is 5.11 Å². The van der Waals surface area contributed by atoms with E-state index in [9.17, 15) is 4.79 Å². The van der Waals surface area contributed by atoms with Gasteiger partial charge in [0.1, 0.15) is 5.56 Å². The van der Waals surface area contributed by atoms with Crippen LogP contribution in [0.15, 0.2) is 6.20 Å². The van der Waals surface area contributed by atoms with E-state index in [0.717, 1.165) is 12.8 Å². The number of aryl methyl sites for hydroxylation is 1. The van der Waals surface area contributed by atoms with Crippen LogP contribution in [-0.4, -0.2) is 20.9 Å². The summed E-state index contributed by atoms with van der Waals surface area (Å²) in [5.41, 5.74) is 0.961. The van der Waals surface area contributed by atoms with Crippen molar-refractivity contribution in [3.63, 3.8) is 0 Å². The topological polar surface area (TPSA) is 55.1 Å². The summed E-state index contributed by atoms with van der Waals surface area (Å²) in [5, 5.41) is 13.4. The number of nitrogens with zero attached hydrogens (tertiary/aromatic N) is 2. The molecule has 1 aliphatic rings. The lowest BCUT2D eigenvalue weighted by Crippen LogP contribution is -2.23. The molecule has 0 bridgehead atoms. The van der Waals surface area contributed by atoms with Crippen molar-refractivity contribution in [3.8, 4) is 0 Å². The maximum absolute atomic E-state index is 11.0. The van der Waals surface area contributed by atoms with Crippen LogP contribution in [0.1, 0.15) is 61.1 Å². The summed E-state index contributed by atoms with van der Waals surface area (Å²) in [4.78, 5) is 11.0. The number of hydrogen-bond donors (Lipinski definition) is 1. The molecule has 1 N–H and O–H groups in total. The van der Waals surface area contributed by atoms with Crippen molar-refractivity contribution >= 4 is 5.97 Å². The van der Waals surface area contributed by atoms with Gasteiger partial charge in [0.15, 0.2) is 0 Å². The van der Waals surface area contributed by atoms with Gasteiger partial charge in [0.05, 0.1) is 11.7 Å². The number of aromatic carboxylic acids is 1. The Morgan fingerprint density at radius 1 is 1.53 bits per heavy atom. The first-order valence-electron chi connectivity index (χ1n) is 6.42. The number of rotatable bonds is 3. The molecule has 0 spiro atoms. The van der Waals surface area contributed by atoms with Crippen LogP contribution in [0.4, 0.5) is 0 Å². The first-order valence-corrected chi connectivity index (χ1v) is 6.42. The molecule has 1 aromatic heterocycles. The second-order valence-electron chi connectivity index (χ2n) is 4.93. The van der Waals surface area contributed by atoms with Gasteiger partial charge in [0.25, 0.3) is 0 Å². The standard InChI is InChI=1S/C13H20N2O2/c1-3-10-6-4-5-7-12(10)15-8-11(13(16)17)9(2)14-15/h8,10,12H,3-7H2,1-2H3,(H,16,17).